The summed E-state index contributed by atoms with van der Waals surface area (Å²) in [5, 5.41) is 19.8. The summed E-state index contributed by atoms with van der Waals surface area (Å²) in [4.78, 5) is 23.1. The van der Waals surface area contributed by atoms with Crippen LogP contribution in [0.1, 0.15) is 24.0 Å². The molecule has 0 radical (unpaired) electrons. The fourth-order valence-electron chi connectivity index (χ4n) is 1.58. The average molecular weight is 266 g/mol. The molecule has 1 aromatic carbocycles. The van der Waals surface area contributed by atoms with E-state index in [1.807, 2.05) is 31.2 Å². The number of amides is 2. The Kier molecular flexibility index (Phi) is 5.47. The van der Waals surface area contributed by atoms with Crippen LogP contribution in [0.3, 0.4) is 0 Å². The molecule has 0 aliphatic carbocycles. The van der Waals surface area contributed by atoms with E-state index in [1.165, 1.54) is 5.48 Å². The summed E-state index contributed by atoms with van der Waals surface area (Å²) in [5.74, 6) is -1.71. The number of hydrogen-bond acceptors (Lipinski definition) is 4. The summed E-state index contributed by atoms with van der Waals surface area (Å²) in [6.07, 6.45) is 0. The van der Waals surface area contributed by atoms with Crippen LogP contribution in [0.15, 0.2) is 24.3 Å². The third-order valence-electron chi connectivity index (χ3n) is 2.90. The second-order valence-electron chi connectivity index (χ2n) is 4.35. The number of hydroxylamine groups is 1. The highest BCUT2D eigenvalue weighted by Crippen LogP contribution is 2.16. The molecule has 2 amide bonds. The second-order valence-corrected chi connectivity index (χ2v) is 4.35. The molecule has 0 aliphatic rings. The third-order valence-corrected chi connectivity index (χ3v) is 2.90. The van der Waals surface area contributed by atoms with Crippen LogP contribution in [-0.4, -0.2) is 34.8 Å². The van der Waals surface area contributed by atoms with E-state index < -0.39 is 30.4 Å². The van der Waals surface area contributed by atoms with Gasteiger partial charge in [0.05, 0.1) is 12.5 Å². The van der Waals surface area contributed by atoms with Crippen molar-refractivity contribution in [3.63, 3.8) is 0 Å². The molecule has 0 spiro atoms. The molecule has 2 atom stereocenters. The molecule has 0 aliphatic heterocycles. The smallest absolute Gasteiger partial charge is 0.268 e. The monoisotopic (exact) mass is 266 g/mol. The molecule has 6 nitrogen and oxygen atoms in total. The molecule has 0 bridgehead atoms. The van der Waals surface area contributed by atoms with Crippen LogP contribution in [0.2, 0.25) is 0 Å². The van der Waals surface area contributed by atoms with Gasteiger partial charge in [0.2, 0.25) is 5.91 Å². The summed E-state index contributed by atoms with van der Waals surface area (Å²) in [5.41, 5.74) is 3.29. The first kappa shape index (κ1) is 15.1. The summed E-state index contributed by atoms with van der Waals surface area (Å²) >= 11 is 0. The van der Waals surface area contributed by atoms with Gasteiger partial charge in [0.15, 0.2) is 0 Å². The zero-order valence-corrected chi connectivity index (χ0v) is 10.9. The lowest BCUT2D eigenvalue weighted by atomic mass is 9.99. The second kappa shape index (κ2) is 6.86. The van der Waals surface area contributed by atoms with Crippen LogP contribution in [0.4, 0.5) is 0 Å². The van der Waals surface area contributed by atoms with Crippen molar-refractivity contribution < 1.29 is 19.9 Å². The normalized spacial score (nSPS) is 13.5. The maximum Gasteiger partial charge on any atom is 0.268 e. The van der Waals surface area contributed by atoms with Gasteiger partial charge >= 0.3 is 0 Å². The lowest BCUT2D eigenvalue weighted by Gasteiger charge is -2.18. The molecule has 1 unspecified atom stereocenters. The number of hydrogen-bond donors (Lipinski definition) is 4. The molecule has 0 saturated carbocycles. The van der Waals surface area contributed by atoms with Gasteiger partial charge in [-0.3, -0.25) is 14.8 Å². The van der Waals surface area contributed by atoms with E-state index in [0.29, 0.717) is 0 Å². The van der Waals surface area contributed by atoms with Crippen LogP contribution in [-0.2, 0) is 9.59 Å². The van der Waals surface area contributed by atoms with E-state index >= 15 is 0 Å². The Morgan fingerprint density at radius 2 is 1.79 bits per heavy atom. The largest absolute Gasteiger partial charge is 0.394 e. The average Bonchev–Trinajstić information content (AvgIpc) is 2.43. The van der Waals surface area contributed by atoms with Crippen molar-refractivity contribution >= 4 is 11.8 Å². The molecule has 6 heteroatoms. The van der Waals surface area contributed by atoms with E-state index in [4.69, 9.17) is 10.3 Å². The summed E-state index contributed by atoms with van der Waals surface area (Å²) in [6.45, 7) is 3.06. The van der Waals surface area contributed by atoms with Crippen LogP contribution in [0.25, 0.3) is 0 Å². The Balaban J connectivity index is 2.71. The van der Waals surface area contributed by atoms with Crippen molar-refractivity contribution in [2.45, 2.75) is 25.8 Å². The third kappa shape index (κ3) is 4.04. The number of carbonyl (C=O) groups is 2. The van der Waals surface area contributed by atoms with Gasteiger partial charge < -0.3 is 10.4 Å². The molecule has 1 aromatic rings. The van der Waals surface area contributed by atoms with E-state index in [2.05, 4.69) is 5.32 Å². The van der Waals surface area contributed by atoms with E-state index in [-0.39, 0.29) is 0 Å². The maximum atomic E-state index is 11.9. The fourth-order valence-corrected chi connectivity index (χ4v) is 1.58. The van der Waals surface area contributed by atoms with Crippen molar-refractivity contribution in [3.8, 4) is 0 Å². The lowest BCUT2D eigenvalue weighted by molar-refractivity contribution is -0.136. The molecule has 0 heterocycles. The van der Waals surface area contributed by atoms with Gasteiger partial charge in [-0.15, -0.1) is 0 Å². The fraction of sp³-hybridized carbons (Fsp3) is 0.385. The van der Waals surface area contributed by atoms with Crippen molar-refractivity contribution in [1.82, 2.24) is 10.8 Å². The van der Waals surface area contributed by atoms with Crippen LogP contribution < -0.4 is 10.8 Å². The Labute approximate surface area is 111 Å². The molecular formula is C13H18N2O4. The summed E-state index contributed by atoms with van der Waals surface area (Å²) in [6, 6.07) is 6.29. The highest BCUT2D eigenvalue weighted by atomic mass is 16.5. The minimum absolute atomic E-state index is 0.397. The van der Waals surface area contributed by atoms with Crippen molar-refractivity contribution in [3.05, 3.63) is 35.4 Å². The van der Waals surface area contributed by atoms with Gasteiger partial charge in [-0.05, 0) is 19.4 Å². The van der Waals surface area contributed by atoms with Gasteiger partial charge in [-0.25, -0.2) is 5.48 Å². The molecule has 104 valence electrons. The Morgan fingerprint density at radius 1 is 1.21 bits per heavy atom. The van der Waals surface area contributed by atoms with Crippen molar-refractivity contribution in [1.29, 1.82) is 0 Å². The number of nitrogens with one attached hydrogen (secondary N) is 2. The molecule has 1 rings (SSSR count). The van der Waals surface area contributed by atoms with Crippen LogP contribution >= 0.6 is 0 Å². The van der Waals surface area contributed by atoms with Crippen LogP contribution in [0.5, 0.6) is 0 Å². The number of aliphatic hydroxyl groups excluding tert-OH is 1. The lowest BCUT2D eigenvalue weighted by Crippen LogP contribution is -2.49. The number of benzene rings is 1. The summed E-state index contributed by atoms with van der Waals surface area (Å²) < 4.78 is 0. The number of aliphatic hydroxyl groups is 1. The van der Waals surface area contributed by atoms with Gasteiger partial charge in [-0.2, -0.15) is 0 Å². The molecule has 0 saturated heterocycles. The van der Waals surface area contributed by atoms with Gasteiger partial charge in [0.25, 0.3) is 5.91 Å². The SMILES string of the molecule is Cc1ccc(C(C)C(=O)N[C@@H](CO)C(=O)NO)cc1. The maximum absolute atomic E-state index is 11.9. The predicted octanol–water partition coefficient (Wildman–Crippen LogP) is 0.0810. The molecular weight excluding hydrogens is 248 g/mol. The summed E-state index contributed by atoms with van der Waals surface area (Å²) in [7, 11) is 0. The molecule has 19 heavy (non-hydrogen) atoms. The minimum Gasteiger partial charge on any atom is -0.394 e. The first-order valence-corrected chi connectivity index (χ1v) is 5.91. The topological polar surface area (TPSA) is 98.7 Å². The first-order chi connectivity index (χ1) is 8.99. The van der Waals surface area contributed by atoms with E-state index in [0.717, 1.165) is 11.1 Å². The van der Waals surface area contributed by atoms with Gasteiger partial charge in [-0.1, -0.05) is 29.8 Å². The standard InChI is InChI=1S/C13H18N2O4/c1-8-3-5-10(6-4-8)9(2)12(17)14-11(7-16)13(18)15-19/h3-6,9,11,16,19H,7H2,1-2H3,(H,14,17)(H,15,18)/t9?,11-/m0/s1. The Hall–Kier alpha value is -1.92. The van der Waals surface area contributed by atoms with Crippen LogP contribution in [0, 0.1) is 6.92 Å². The number of carbonyl (C=O) groups excluding carboxylic acids is 2. The highest BCUT2D eigenvalue weighted by Gasteiger charge is 2.23. The number of aryl methyl sites for hydroxylation is 1. The zero-order chi connectivity index (χ0) is 14.4. The quantitative estimate of drug-likeness (QED) is 0.448. The Bertz CT molecular complexity index is 444. The molecule has 4 N–H and O–H groups in total. The van der Waals surface area contributed by atoms with Gasteiger partial charge in [0, 0.05) is 0 Å². The molecule has 0 fully saturated rings. The minimum atomic E-state index is -1.16. The van der Waals surface area contributed by atoms with Crippen molar-refractivity contribution in [2.24, 2.45) is 0 Å². The highest BCUT2D eigenvalue weighted by molar-refractivity contribution is 5.90. The van der Waals surface area contributed by atoms with E-state index in [9.17, 15) is 9.59 Å². The van der Waals surface area contributed by atoms with Crippen molar-refractivity contribution in [2.75, 3.05) is 6.61 Å². The zero-order valence-electron chi connectivity index (χ0n) is 10.9. The Morgan fingerprint density at radius 3 is 2.26 bits per heavy atom. The molecule has 0 aromatic heterocycles. The first-order valence-electron chi connectivity index (χ1n) is 5.91. The predicted molar refractivity (Wildman–Crippen MR) is 68.5 cm³/mol. The van der Waals surface area contributed by atoms with Gasteiger partial charge in [0.1, 0.15) is 6.04 Å². The van der Waals surface area contributed by atoms with E-state index in [1.54, 1.807) is 6.92 Å². The number of rotatable bonds is 5.